The Morgan fingerprint density at radius 1 is 1.07 bits per heavy atom. The number of hydrogen-bond acceptors (Lipinski definition) is 7. The molecule has 1 saturated heterocycles. The molecule has 2 fully saturated rings. The third-order valence-corrected chi connectivity index (χ3v) is 5.30. The Morgan fingerprint density at radius 2 is 1.81 bits per heavy atom. The molecule has 0 spiro atoms. The molecule has 0 aromatic carbocycles. The van der Waals surface area contributed by atoms with E-state index in [0.29, 0.717) is 18.4 Å². The van der Waals surface area contributed by atoms with Crippen LogP contribution in [0.1, 0.15) is 81.5 Å². The largest absolute Gasteiger partial charge is 0.378 e. The Labute approximate surface area is 160 Å². The third-order valence-electron chi connectivity index (χ3n) is 5.30. The van der Waals surface area contributed by atoms with Gasteiger partial charge in [-0.1, -0.05) is 25.9 Å². The Balaban J connectivity index is 1.47. The molecule has 0 radical (unpaired) electrons. The second-order valence-electron chi connectivity index (χ2n) is 8.75. The van der Waals surface area contributed by atoms with Crippen molar-refractivity contribution in [3.63, 3.8) is 0 Å². The lowest BCUT2D eigenvalue weighted by molar-refractivity contribution is 0.181. The number of hydrogen-bond donors (Lipinski definition) is 0. The van der Waals surface area contributed by atoms with Crippen LogP contribution in [0.2, 0.25) is 0 Å². The van der Waals surface area contributed by atoms with E-state index in [9.17, 15) is 0 Å². The normalized spacial score (nSPS) is 18.9. The van der Waals surface area contributed by atoms with Gasteiger partial charge in [-0.25, -0.2) is 9.97 Å². The van der Waals surface area contributed by atoms with Gasteiger partial charge < -0.3 is 14.2 Å². The van der Waals surface area contributed by atoms with Crippen molar-refractivity contribution < 1.29 is 9.26 Å². The fourth-order valence-corrected chi connectivity index (χ4v) is 3.48. The number of rotatable bonds is 5. The van der Waals surface area contributed by atoms with Crippen LogP contribution in [0.3, 0.4) is 0 Å². The van der Waals surface area contributed by atoms with Crippen LogP contribution < -0.4 is 4.90 Å². The van der Waals surface area contributed by atoms with Crippen molar-refractivity contribution in [3.8, 4) is 0 Å². The number of piperidine rings is 1. The van der Waals surface area contributed by atoms with Gasteiger partial charge in [0.2, 0.25) is 5.89 Å². The molecule has 0 atom stereocenters. The van der Waals surface area contributed by atoms with Crippen molar-refractivity contribution in [1.29, 1.82) is 0 Å². The zero-order chi connectivity index (χ0) is 19.0. The van der Waals surface area contributed by atoms with E-state index in [-0.39, 0.29) is 5.41 Å². The molecule has 4 rings (SSSR count). The van der Waals surface area contributed by atoms with Crippen molar-refractivity contribution >= 4 is 5.82 Å². The predicted octanol–water partition coefficient (Wildman–Crippen LogP) is 3.56. The van der Waals surface area contributed by atoms with E-state index in [1.54, 1.807) is 7.11 Å². The Bertz CT molecular complexity index is 786. The van der Waals surface area contributed by atoms with Gasteiger partial charge in [0.1, 0.15) is 11.6 Å². The van der Waals surface area contributed by atoms with Crippen molar-refractivity contribution in [1.82, 2.24) is 20.1 Å². The SMILES string of the molecule is COCc1cc(N2CCC(c3noc(C4CC4)n3)CC2)nc(C(C)(C)C)n1. The molecule has 0 N–H and O–H groups in total. The Hall–Kier alpha value is -2.02. The second-order valence-corrected chi connectivity index (χ2v) is 8.75. The molecule has 2 aromatic heterocycles. The highest BCUT2D eigenvalue weighted by Gasteiger charge is 2.32. The maximum atomic E-state index is 5.44. The molecule has 3 heterocycles. The lowest BCUT2D eigenvalue weighted by atomic mass is 9.95. The summed E-state index contributed by atoms with van der Waals surface area (Å²) in [5.74, 6) is 4.47. The molecule has 0 amide bonds. The van der Waals surface area contributed by atoms with Gasteiger partial charge in [-0.05, 0) is 25.7 Å². The first-order valence-corrected chi connectivity index (χ1v) is 9.90. The molecule has 0 bridgehead atoms. The maximum Gasteiger partial charge on any atom is 0.229 e. The Morgan fingerprint density at radius 3 is 2.44 bits per heavy atom. The van der Waals surface area contributed by atoms with Crippen LogP contribution in [0.5, 0.6) is 0 Å². The fourth-order valence-electron chi connectivity index (χ4n) is 3.48. The van der Waals surface area contributed by atoms with Gasteiger partial charge in [0.15, 0.2) is 5.82 Å². The van der Waals surface area contributed by atoms with Crippen LogP contribution in [-0.4, -0.2) is 40.3 Å². The monoisotopic (exact) mass is 371 g/mol. The number of nitrogens with zero attached hydrogens (tertiary/aromatic N) is 5. The van der Waals surface area contributed by atoms with Crippen molar-refractivity contribution in [2.45, 2.75) is 70.3 Å². The molecule has 0 unspecified atom stereocenters. The molecular weight excluding hydrogens is 342 g/mol. The topological polar surface area (TPSA) is 77.2 Å². The molecule has 2 aromatic rings. The van der Waals surface area contributed by atoms with Gasteiger partial charge in [0.25, 0.3) is 0 Å². The Kier molecular flexibility index (Phi) is 4.88. The van der Waals surface area contributed by atoms with Gasteiger partial charge in [-0.3, -0.25) is 0 Å². The molecule has 2 aliphatic rings. The minimum atomic E-state index is -0.0966. The average molecular weight is 371 g/mol. The number of aromatic nitrogens is 4. The summed E-state index contributed by atoms with van der Waals surface area (Å²) in [6.45, 7) is 8.80. The first-order chi connectivity index (χ1) is 12.9. The zero-order valence-corrected chi connectivity index (χ0v) is 16.7. The second kappa shape index (κ2) is 7.19. The lowest BCUT2D eigenvalue weighted by Gasteiger charge is -2.32. The highest BCUT2D eigenvalue weighted by molar-refractivity contribution is 5.41. The minimum absolute atomic E-state index is 0.0966. The van der Waals surface area contributed by atoms with Crippen LogP contribution in [-0.2, 0) is 16.8 Å². The van der Waals surface area contributed by atoms with Crippen molar-refractivity contribution in [2.75, 3.05) is 25.1 Å². The highest BCUT2D eigenvalue weighted by Crippen LogP contribution is 2.40. The number of anilines is 1. The van der Waals surface area contributed by atoms with E-state index < -0.39 is 0 Å². The van der Waals surface area contributed by atoms with Gasteiger partial charge in [0.05, 0.1) is 12.3 Å². The quantitative estimate of drug-likeness (QED) is 0.795. The van der Waals surface area contributed by atoms with Gasteiger partial charge >= 0.3 is 0 Å². The van der Waals surface area contributed by atoms with E-state index in [0.717, 1.165) is 55.0 Å². The van der Waals surface area contributed by atoms with Crippen molar-refractivity contribution in [3.05, 3.63) is 29.3 Å². The summed E-state index contributed by atoms with van der Waals surface area (Å²) in [5.41, 5.74) is 0.836. The summed E-state index contributed by atoms with van der Waals surface area (Å²) in [5, 5.41) is 4.24. The van der Waals surface area contributed by atoms with Crippen LogP contribution in [0, 0.1) is 0 Å². The van der Waals surface area contributed by atoms with Crippen LogP contribution in [0.15, 0.2) is 10.6 Å². The molecule has 7 nitrogen and oxygen atoms in total. The first kappa shape index (κ1) is 18.3. The van der Waals surface area contributed by atoms with Gasteiger partial charge in [0, 0.05) is 43.5 Å². The third kappa shape index (κ3) is 4.13. The number of ether oxygens (including phenoxy) is 1. The van der Waals surface area contributed by atoms with Crippen LogP contribution in [0.25, 0.3) is 0 Å². The van der Waals surface area contributed by atoms with Crippen LogP contribution >= 0.6 is 0 Å². The zero-order valence-electron chi connectivity index (χ0n) is 16.7. The predicted molar refractivity (Wildman–Crippen MR) is 102 cm³/mol. The van der Waals surface area contributed by atoms with Crippen LogP contribution in [0.4, 0.5) is 5.82 Å². The summed E-state index contributed by atoms with van der Waals surface area (Å²) in [7, 11) is 1.70. The molecular formula is C20H29N5O2. The minimum Gasteiger partial charge on any atom is -0.378 e. The van der Waals surface area contributed by atoms with E-state index in [1.165, 1.54) is 12.8 Å². The summed E-state index contributed by atoms with van der Waals surface area (Å²) in [6.07, 6.45) is 4.40. The average Bonchev–Trinajstić information content (AvgIpc) is 3.38. The molecule has 1 saturated carbocycles. The van der Waals surface area contributed by atoms with Gasteiger partial charge in [-0.2, -0.15) is 4.98 Å². The molecule has 1 aliphatic heterocycles. The van der Waals surface area contributed by atoms with Gasteiger partial charge in [-0.15, -0.1) is 0 Å². The van der Waals surface area contributed by atoms with E-state index >= 15 is 0 Å². The molecule has 146 valence electrons. The highest BCUT2D eigenvalue weighted by atomic mass is 16.5. The molecule has 1 aliphatic carbocycles. The summed E-state index contributed by atoms with van der Waals surface area (Å²) >= 11 is 0. The van der Waals surface area contributed by atoms with Crippen molar-refractivity contribution in [2.24, 2.45) is 0 Å². The first-order valence-electron chi connectivity index (χ1n) is 9.90. The summed E-state index contributed by atoms with van der Waals surface area (Å²) in [4.78, 5) is 16.5. The fraction of sp³-hybridized carbons (Fsp3) is 0.700. The van der Waals surface area contributed by atoms with E-state index in [4.69, 9.17) is 14.2 Å². The molecule has 7 heteroatoms. The van der Waals surface area contributed by atoms with E-state index in [1.807, 2.05) is 0 Å². The smallest absolute Gasteiger partial charge is 0.229 e. The summed E-state index contributed by atoms with van der Waals surface area (Å²) < 4.78 is 10.7. The maximum absolute atomic E-state index is 5.44. The lowest BCUT2D eigenvalue weighted by Crippen LogP contribution is -2.34. The standard InChI is InChI=1S/C20H29N5O2/c1-20(2,3)19-21-15(12-26-4)11-16(22-19)25-9-7-13(8-10-25)17-23-18(27-24-17)14-5-6-14/h11,13-14H,5-10,12H2,1-4H3. The van der Waals surface area contributed by atoms with E-state index in [2.05, 4.69) is 46.9 Å². The number of methoxy groups -OCH3 is 1. The summed E-state index contributed by atoms with van der Waals surface area (Å²) in [6, 6.07) is 2.05. The molecule has 27 heavy (non-hydrogen) atoms.